The zero-order chi connectivity index (χ0) is 9.14. The summed E-state index contributed by atoms with van der Waals surface area (Å²) in [4.78, 5) is 9.85. The third kappa shape index (κ3) is 2.46. The number of nitro benzene ring substituents is 1. The first kappa shape index (κ1) is 10.0. The van der Waals surface area contributed by atoms with Crippen LogP contribution in [-0.4, -0.2) is 4.92 Å². The summed E-state index contributed by atoms with van der Waals surface area (Å²) in [6, 6.07) is 6.13. The first-order valence-corrected chi connectivity index (χ1v) is 9.43. The Balaban J connectivity index is 3.04. The molecule has 3 nitrogen and oxygen atoms in total. The van der Waals surface area contributed by atoms with E-state index in [0.717, 1.165) is 0 Å². The number of non-ortho nitro benzene ring substituents is 1. The van der Waals surface area contributed by atoms with Crippen molar-refractivity contribution in [3.05, 3.63) is 37.9 Å². The molecule has 0 aromatic heterocycles. The van der Waals surface area contributed by atoms with Crippen LogP contribution in [0.25, 0.3) is 0 Å². The quantitative estimate of drug-likeness (QED) is 0.475. The fourth-order valence-electron chi connectivity index (χ4n) is 0.679. The minimum atomic E-state index is -2.12. The second-order valence-corrected chi connectivity index (χ2v) is 9.12. The van der Waals surface area contributed by atoms with Crippen molar-refractivity contribution in [2.75, 3.05) is 0 Å². The van der Waals surface area contributed by atoms with E-state index in [1.807, 2.05) is 0 Å². The van der Waals surface area contributed by atoms with Crippen molar-refractivity contribution in [2.24, 2.45) is 0 Å². The summed E-state index contributed by atoms with van der Waals surface area (Å²) < 4.78 is 0.691. The van der Waals surface area contributed by atoms with E-state index in [0.29, 0.717) is 3.57 Å². The topological polar surface area (TPSA) is 43.1 Å². The third-order valence-corrected chi connectivity index (χ3v) is 5.01. The Morgan fingerprint density at radius 1 is 1.42 bits per heavy atom. The van der Waals surface area contributed by atoms with Gasteiger partial charge in [0.2, 0.25) is 0 Å². The Hall–Kier alpha value is -0.0700. The van der Waals surface area contributed by atoms with Gasteiger partial charge in [0.1, 0.15) is 0 Å². The summed E-state index contributed by atoms with van der Waals surface area (Å²) in [5.41, 5.74) is 0.0381. The normalized spacial score (nSPS) is 11.0. The van der Waals surface area contributed by atoms with Gasteiger partial charge < -0.3 is 0 Å². The number of nitrogens with zero attached hydrogens (tertiary/aromatic N) is 1. The van der Waals surface area contributed by atoms with E-state index in [4.69, 9.17) is 17.8 Å². The van der Waals surface area contributed by atoms with E-state index in [-0.39, 0.29) is 5.69 Å². The van der Waals surface area contributed by atoms with Gasteiger partial charge in [0.25, 0.3) is 0 Å². The Labute approximate surface area is 83.6 Å². The van der Waals surface area contributed by atoms with Crippen LogP contribution in [0, 0.1) is 13.7 Å². The number of nitro groups is 1. The summed E-state index contributed by atoms with van der Waals surface area (Å²) >= 11 is -2.12. The first-order chi connectivity index (χ1) is 5.61. The number of hydrogen-bond acceptors (Lipinski definition) is 2. The van der Waals surface area contributed by atoms with Crippen LogP contribution in [0.1, 0.15) is 0 Å². The van der Waals surface area contributed by atoms with Crippen molar-refractivity contribution < 1.29 is 4.92 Å². The molecule has 0 aliphatic carbocycles. The zero-order valence-electron chi connectivity index (χ0n) is 5.71. The van der Waals surface area contributed by atoms with Crippen LogP contribution >= 0.6 is 35.4 Å². The predicted octanol–water partition coefficient (Wildman–Crippen LogP) is 3.58. The molecule has 0 heterocycles. The molecule has 0 fully saturated rings. The number of benzene rings is 1. The maximum absolute atomic E-state index is 10.3. The molecular formula is C6H4Cl2INO2. The van der Waals surface area contributed by atoms with Crippen molar-refractivity contribution >= 4 is 41.1 Å². The summed E-state index contributed by atoms with van der Waals surface area (Å²) in [7, 11) is 11.4. The molecule has 0 spiro atoms. The van der Waals surface area contributed by atoms with E-state index in [1.165, 1.54) is 12.1 Å². The summed E-state index contributed by atoms with van der Waals surface area (Å²) in [6.07, 6.45) is 0. The molecule has 6 heteroatoms. The molecule has 0 saturated carbocycles. The molecule has 66 valence electrons. The van der Waals surface area contributed by atoms with Gasteiger partial charge in [-0.25, -0.2) is 0 Å². The molecule has 0 radical (unpaired) electrons. The molecule has 0 amide bonds. The van der Waals surface area contributed by atoms with Crippen molar-refractivity contribution in [3.63, 3.8) is 0 Å². The van der Waals surface area contributed by atoms with Gasteiger partial charge in [-0.2, -0.15) is 0 Å². The summed E-state index contributed by atoms with van der Waals surface area (Å²) in [5, 5.41) is 10.3. The van der Waals surface area contributed by atoms with E-state index < -0.39 is 22.5 Å². The van der Waals surface area contributed by atoms with Crippen LogP contribution in [0.5, 0.6) is 0 Å². The van der Waals surface area contributed by atoms with Crippen molar-refractivity contribution in [3.8, 4) is 0 Å². The van der Waals surface area contributed by atoms with Crippen LogP contribution in [0.4, 0.5) is 5.69 Å². The molecule has 0 N–H and O–H groups in total. The standard InChI is InChI=1S/C6H4Cl2INO2/c7-9(8)5-2-1-3-6(4-5)10(11)12/h1-4H. The van der Waals surface area contributed by atoms with Crippen molar-refractivity contribution in [2.45, 2.75) is 0 Å². The van der Waals surface area contributed by atoms with Gasteiger partial charge in [-0.15, -0.1) is 0 Å². The van der Waals surface area contributed by atoms with Gasteiger partial charge in [-0.1, -0.05) is 0 Å². The maximum atomic E-state index is 10.3. The van der Waals surface area contributed by atoms with Gasteiger partial charge in [0.05, 0.1) is 0 Å². The van der Waals surface area contributed by atoms with Gasteiger partial charge in [-0.3, -0.25) is 0 Å². The molecule has 12 heavy (non-hydrogen) atoms. The molecule has 1 aromatic carbocycles. The summed E-state index contributed by atoms with van der Waals surface area (Å²) in [6.45, 7) is 0. The van der Waals surface area contributed by atoms with Gasteiger partial charge in [-0.05, 0) is 0 Å². The Bertz CT molecular complexity index is 305. The summed E-state index contributed by atoms with van der Waals surface area (Å²) in [5.74, 6) is 0. The third-order valence-electron chi connectivity index (χ3n) is 1.18. The van der Waals surface area contributed by atoms with Crippen LogP contribution in [0.15, 0.2) is 24.3 Å². The zero-order valence-corrected chi connectivity index (χ0v) is 9.38. The van der Waals surface area contributed by atoms with Crippen LogP contribution in [0.2, 0.25) is 0 Å². The molecular weight excluding hydrogens is 316 g/mol. The molecule has 1 rings (SSSR count). The number of rotatable bonds is 2. The fourth-order valence-corrected chi connectivity index (χ4v) is 2.90. The van der Waals surface area contributed by atoms with Crippen LogP contribution in [0.3, 0.4) is 0 Å². The Morgan fingerprint density at radius 2 is 2.08 bits per heavy atom. The number of halogens is 3. The van der Waals surface area contributed by atoms with Crippen molar-refractivity contribution in [1.82, 2.24) is 0 Å². The molecule has 0 aliphatic heterocycles. The Morgan fingerprint density at radius 3 is 2.58 bits per heavy atom. The van der Waals surface area contributed by atoms with E-state index in [1.54, 1.807) is 12.1 Å². The second kappa shape index (κ2) is 4.25. The average Bonchev–Trinajstić information content (AvgIpc) is 2.04. The minimum absolute atomic E-state index is 0.0381. The fraction of sp³-hybridized carbons (Fsp3) is 0. The SMILES string of the molecule is O=[N+]([O-])c1cccc(I(Cl)Cl)c1. The molecule has 0 bridgehead atoms. The second-order valence-electron chi connectivity index (χ2n) is 1.93. The Kier molecular flexibility index (Phi) is 3.54. The van der Waals surface area contributed by atoms with E-state index in [2.05, 4.69) is 0 Å². The van der Waals surface area contributed by atoms with Gasteiger partial charge >= 0.3 is 83.9 Å². The van der Waals surface area contributed by atoms with Gasteiger partial charge in [0, 0.05) is 0 Å². The van der Waals surface area contributed by atoms with Crippen LogP contribution < -0.4 is 0 Å². The van der Waals surface area contributed by atoms with Crippen molar-refractivity contribution in [1.29, 1.82) is 0 Å². The molecule has 0 atom stereocenters. The molecule has 0 unspecified atom stereocenters. The van der Waals surface area contributed by atoms with E-state index >= 15 is 0 Å². The molecule has 0 saturated heterocycles. The van der Waals surface area contributed by atoms with Gasteiger partial charge in [0.15, 0.2) is 0 Å². The number of hydrogen-bond donors (Lipinski definition) is 0. The molecule has 0 aliphatic rings. The monoisotopic (exact) mass is 319 g/mol. The van der Waals surface area contributed by atoms with E-state index in [9.17, 15) is 10.1 Å². The molecule has 1 aromatic rings. The average molecular weight is 320 g/mol. The first-order valence-electron chi connectivity index (χ1n) is 2.88. The van der Waals surface area contributed by atoms with Crippen LogP contribution in [-0.2, 0) is 0 Å². The predicted molar refractivity (Wildman–Crippen MR) is 57.5 cm³/mol.